The van der Waals surface area contributed by atoms with E-state index in [0.717, 1.165) is 0 Å². The van der Waals surface area contributed by atoms with E-state index in [4.69, 9.17) is 9.47 Å². The molecule has 5 heteroatoms. The molecule has 0 fully saturated rings. The van der Waals surface area contributed by atoms with E-state index >= 15 is 0 Å². The third-order valence-corrected chi connectivity index (χ3v) is 10.8. The molecular weight excluding hydrogens is 464 g/mol. The zero-order valence-electron chi connectivity index (χ0n) is 21.1. The Morgan fingerprint density at radius 2 is 1.11 bits per heavy atom. The molecule has 0 aromatic heterocycles. The van der Waals surface area contributed by atoms with Gasteiger partial charge in [-0.05, 0) is 42.2 Å². The Bertz CT molecular complexity index is 1040. The first-order valence-corrected chi connectivity index (χ1v) is 14.4. The van der Waals surface area contributed by atoms with Crippen molar-refractivity contribution < 1.29 is 19.1 Å². The lowest BCUT2D eigenvalue weighted by molar-refractivity contribution is -0.171. The molecule has 0 spiro atoms. The van der Waals surface area contributed by atoms with Gasteiger partial charge in [-0.15, -0.1) is 6.58 Å². The molecular formula is C31H34O4Si. The van der Waals surface area contributed by atoms with Gasteiger partial charge in [-0.3, -0.25) is 9.59 Å². The van der Waals surface area contributed by atoms with Crippen molar-refractivity contribution >= 4 is 35.6 Å². The van der Waals surface area contributed by atoms with E-state index in [1.165, 1.54) is 15.6 Å². The van der Waals surface area contributed by atoms with E-state index < -0.39 is 25.4 Å². The minimum Gasteiger partial charge on any atom is -0.465 e. The third kappa shape index (κ3) is 5.57. The molecule has 0 aliphatic carbocycles. The van der Waals surface area contributed by atoms with Gasteiger partial charge >= 0.3 is 11.9 Å². The second kappa shape index (κ2) is 12.8. The monoisotopic (exact) mass is 498 g/mol. The van der Waals surface area contributed by atoms with Gasteiger partial charge in [0.25, 0.3) is 0 Å². The van der Waals surface area contributed by atoms with Crippen LogP contribution >= 0.6 is 0 Å². The van der Waals surface area contributed by atoms with Gasteiger partial charge < -0.3 is 9.47 Å². The molecule has 0 amide bonds. The fourth-order valence-corrected chi connectivity index (χ4v) is 8.82. The SMILES string of the molecule is C=CCC(C/C=C/[Si](c1ccccc1)(c1ccccc1)c1ccccc1)(C(=O)OCC)C(=O)OCC. The van der Waals surface area contributed by atoms with Gasteiger partial charge in [0.1, 0.15) is 0 Å². The Labute approximate surface area is 215 Å². The van der Waals surface area contributed by atoms with Gasteiger partial charge in [0, 0.05) is 0 Å². The number of rotatable bonds is 12. The summed E-state index contributed by atoms with van der Waals surface area (Å²) in [5.74, 6) is -1.17. The van der Waals surface area contributed by atoms with E-state index in [9.17, 15) is 9.59 Å². The molecule has 0 atom stereocenters. The zero-order chi connectivity index (χ0) is 25.9. The van der Waals surface area contributed by atoms with Crippen molar-refractivity contribution in [3.8, 4) is 0 Å². The standard InChI is InChI=1S/C31H34O4Si/c1-4-23-31(29(32)34-5-2,30(33)35-6-3)24-16-25-36(26-17-10-7-11-18-26,27-19-12-8-13-20-27)28-21-14-9-15-22-28/h4,7-22,25H,1,5-6,23-24H2,2-3H3/b25-16+. The Hall–Kier alpha value is -3.70. The van der Waals surface area contributed by atoms with E-state index in [2.05, 4.69) is 85.1 Å². The molecule has 0 bridgehead atoms. The molecule has 3 aromatic carbocycles. The Kier molecular flexibility index (Phi) is 9.59. The molecule has 0 unspecified atom stereocenters. The molecule has 0 aliphatic heterocycles. The molecule has 4 nitrogen and oxygen atoms in total. The summed E-state index contributed by atoms with van der Waals surface area (Å²) in [7, 11) is -2.66. The van der Waals surface area contributed by atoms with Crippen molar-refractivity contribution in [2.75, 3.05) is 13.2 Å². The fourth-order valence-electron chi connectivity index (χ4n) is 4.61. The molecule has 0 N–H and O–H groups in total. The first kappa shape index (κ1) is 26.9. The maximum atomic E-state index is 13.1. The van der Waals surface area contributed by atoms with E-state index in [0.29, 0.717) is 0 Å². The second-order valence-corrected chi connectivity index (χ2v) is 12.2. The Morgan fingerprint density at radius 1 is 0.722 bits per heavy atom. The van der Waals surface area contributed by atoms with Crippen LogP contribution in [0.5, 0.6) is 0 Å². The summed E-state index contributed by atoms with van der Waals surface area (Å²) < 4.78 is 10.7. The minimum absolute atomic E-state index is 0.131. The molecule has 0 radical (unpaired) electrons. The summed E-state index contributed by atoms with van der Waals surface area (Å²) >= 11 is 0. The van der Waals surface area contributed by atoms with Crippen molar-refractivity contribution in [2.45, 2.75) is 26.7 Å². The molecule has 0 saturated carbocycles. The Morgan fingerprint density at radius 3 is 1.44 bits per heavy atom. The van der Waals surface area contributed by atoms with Gasteiger partial charge in [-0.2, -0.15) is 0 Å². The van der Waals surface area contributed by atoms with Crippen LogP contribution in [0.3, 0.4) is 0 Å². The lowest BCUT2D eigenvalue weighted by Crippen LogP contribution is -2.66. The van der Waals surface area contributed by atoms with Crippen molar-refractivity contribution in [1.29, 1.82) is 0 Å². The summed E-state index contributed by atoms with van der Waals surface area (Å²) in [5, 5.41) is 3.63. The van der Waals surface area contributed by atoms with Crippen molar-refractivity contribution in [2.24, 2.45) is 5.41 Å². The third-order valence-electron chi connectivity index (χ3n) is 6.35. The number of benzene rings is 3. The quantitative estimate of drug-likeness (QED) is 0.123. The van der Waals surface area contributed by atoms with Crippen LogP contribution < -0.4 is 15.6 Å². The van der Waals surface area contributed by atoms with Gasteiger partial charge in [0.15, 0.2) is 13.5 Å². The number of ether oxygens (including phenoxy) is 2. The summed E-state index contributed by atoms with van der Waals surface area (Å²) in [6.07, 6.45) is 3.83. The first-order chi connectivity index (χ1) is 17.5. The van der Waals surface area contributed by atoms with Crippen LogP contribution in [0.4, 0.5) is 0 Å². The van der Waals surface area contributed by atoms with Gasteiger partial charge in [0.2, 0.25) is 0 Å². The Balaban J connectivity index is 2.20. The number of hydrogen-bond donors (Lipinski definition) is 0. The summed E-state index contributed by atoms with van der Waals surface area (Å²) in [4.78, 5) is 26.3. The number of carbonyl (C=O) groups excluding carboxylic acids is 2. The maximum Gasteiger partial charge on any atom is 0.324 e. The number of esters is 2. The van der Waals surface area contributed by atoms with Crippen LogP contribution in [0.15, 0.2) is 115 Å². The highest BCUT2D eigenvalue weighted by molar-refractivity contribution is 7.14. The van der Waals surface area contributed by atoms with Crippen LogP contribution in [0, 0.1) is 5.41 Å². The van der Waals surface area contributed by atoms with Crippen molar-refractivity contribution in [3.05, 3.63) is 115 Å². The average molecular weight is 499 g/mol. The summed E-state index contributed by atoms with van der Waals surface area (Å²) in [5.41, 5.74) is 0.748. The second-order valence-electron chi connectivity index (χ2n) is 8.53. The topological polar surface area (TPSA) is 52.6 Å². The molecule has 0 heterocycles. The van der Waals surface area contributed by atoms with E-state index in [-0.39, 0.29) is 26.1 Å². The average Bonchev–Trinajstić information content (AvgIpc) is 2.92. The van der Waals surface area contributed by atoms with Gasteiger partial charge in [-0.1, -0.05) is 109 Å². The number of hydrogen-bond acceptors (Lipinski definition) is 4. The van der Waals surface area contributed by atoms with Crippen LogP contribution in [0.25, 0.3) is 0 Å². The summed E-state index contributed by atoms with van der Waals surface area (Å²) in [6.45, 7) is 7.62. The highest BCUT2D eigenvalue weighted by Gasteiger charge is 2.47. The van der Waals surface area contributed by atoms with Crippen LogP contribution in [0.1, 0.15) is 26.7 Å². The van der Waals surface area contributed by atoms with Crippen molar-refractivity contribution in [3.63, 3.8) is 0 Å². The minimum atomic E-state index is -2.66. The van der Waals surface area contributed by atoms with Crippen LogP contribution in [0.2, 0.25) is 0 Å². The lowest BCUT2D eigenvalue weighted by Gasteiger charge is -2.32. The molecule has 3 rings (SSSR count). The van der Waals surface area contributed by atoms with Gasteiger partial charge in [0.05, 0.1) is 13.2 Å². The first-order valence-electron chi connectivity index (χ1n) is 12.3. The number of allylic oxidation sites excluding steroid dienone is 2. The van der Waals surface area contributed by atoms with Crippen LogP contribution in [-0.4, -0.2) is 33.2 Å². The highest BCUT2D eigenvalue weighted by atomic mass is 28.3. The molecule has 3 aromatic rings. The van der Waals surface area contributed by atoms with Crippen LogP contribution in [-0.2, 0) is 19.1 Å². The number of carbonyl (C=O) groups is 2. The zero-order valence-corrected chi connectivity index (χ0v) is 22.1. The maximum absolute atomic E-state index is 13.1. The summed E-state index contributed by atoms with van der Waals surface area (Å²) in [6, 6.07) is 31.3. The highest BCUT2D eigenvalue weighted by Crippen LogP contribution is 2.32. The molecule has 0 saturated heterocycles. The largest absolute Gasteiger partial charge is 0.465 e. The molecule has 186 valence electrons. The fraction of sp³-hybridized carbons (Fsp3) is 0.226. The van der Waals surface area contributed by atoms with E-state index in [1.807, 2.05) is 24.3 Å². The van der Waals surface area contributed by atoms with Gasteiger partial charge in [-0.25, -0.2) is 0 Å². The van der Waals surface area contributed by atoms with Crippen molar-refractivity contribution in [1.82, 2.24) is 0 Å². The van der Waals surface area contributed by atoms with E-state index in [1.54, 1.807) is 19.9 Å². The molecule has 0 aliphatic rings. The predicted octanol–water partition coefficient (Wildman–Crippen LogP) is 4.33. The normalized spacial score (nSPS) is 11.7. The smallest absolute Gasteiger partial charge is 0.324 e. The lowest BCUT2D eigenvalue weighted by atomic mass is 9.81. The molecule has 36 heavy (non-hydrogen) atoms. The predicted molar refractivity (Wildman–Crippen MR) is 148 cm³/mol.